The Balaban J connectivity index is 2.76. The van der Waals surface area contributed by atoms with Gasteiger partial charge in [0.2, 0.25) is 0 Å². The van der Waals surface area contributed by atoms with Gasteiger partial charge >= 0.3 is 6.18 Å². The normalized spacial score (nSPS) is 11.4. The fourth-order valence-corrected chi connectivity index (χ4v) is 1.66. The molecule has 0 heterocycles. The number of nitrogens with one attached hydrogen (secondary N) is 1. The van der Waals surface area contributed by atoms with Gasteiger partial charge in [0.05, 0.1) is 18.8 Å². The van der Waals surface area contributed by atoms with Crippen LogP contribution in [0.5, 0.6) is 0 Å². The maximum Gasteiger partial charge on any atom is 0.417 e. The van der Waals surface area contributed by atoms with Crippen molar-refractivity contribution in [1.82, 2.24) is 5.48 Å². The summed E-state index contributed by atoms with van der Waals surface area (Å²) < 4.78 is 42.5. The highest BCUT2D eigenvalue weighted by Gasteiger charge is 2.33. The van der Waals surface area contributed by atoms with E-state index < -0.39 is 17.6 Å². The number of rotatable bonds is 5. The molecular weight excluding hydrogens is 331 g/mol. The zero-order chi connectivity index (χ0) is 14.5. The third kappa shape index (κ3) is 4.81. The van der Waals surface area contributed by atoms with Crippen molar-refractivity contribution in [2.45, 2.75) is 6.18 Å². The molecule has 0 saturated heterocycles. The number of methoxy groups -OCH3 is 1. The zero-order valence-electron chi connectivity index (χ0n) is 9.88. The van der Waals surface area contributed by atoms with Crippen molar-refractivity contribution in [3.05, 3.63) is 33.8 Å². The van der Waals surface area contributed by atoms with Crippen LogP contribution in [-0.4, -0.2) is 26.2 Å². The third-order valence-electron chi connectivity index (χ3n) is 2.09. The molecule has 19 heavy (non-hydrogen) atoms. The molecule has 0 aliphatic heterocycles. The Morgan fingerprint density at radius 2 is 2.05 bits per heavy atom. The molecule has 0 spiro atoms. The highest BCUT2D eigenvalue weighted by molar-refractivity contribution is 9.10. The van der Waals surface area contributed by atoms with Crippen LogP contribution in [0.2, 0.25) is 0 Å². The molecule has 106 valence electrons. The number of carbonyl (C=O) groups excluding carboxylic acids is 1. The summed E-state index contributed by atoms with van der Waals surface area (Å²) in [5.74, 6) is -0.755. The van der Waals surface area contributed by atoms with Crippen LogP contribution in [0, 0.1) is 0 Å². The van der Waals surface area contributed by atoms with Gasteiger partial charge in [0.1, 0.15) is 0 Å². The number of hydroxylamine groups is 1. The number of ether oxygens (including phenoxy) is 1. The van der Waals surface area contributed by atoms with Crippen LogP contribution in [0.25, 0.3) is 0 Å². The predicted molar refractivity (Wildman–Crippen MR) is 64.4 cm³/mol. The third-order valence-corrected chi connectivity index (χ3v) is 2.78. The van der Waals surface area contributed by atoms with Crippen LogP contribution in [-0.2, 0) is 15.8 Å². The van der Waals surface area contributed by atoms with Crippen LogP contribution < -0.4 is 5.48 Å². The highest BCUT2D eigenvalue weighted by atomic mass is 79.9. The Hall–Kier alpha value is -1.12. The number of alkyl halides is 3. The first kappa shape index (κ1) is 15.9. The SMILES string of the molecule is COCCONC(=O)c1ccc(Br)c(C(F)(F)F)c1. The van der Waals surface area contributed by atoms with Gasteiger partial charge in [-0.15, -0.1) is 0 Å². The van der Waals surface area contributed by atoms with Gasteiger partial charge in [0, 0.05) is 17.1 Å². The van der Waals surface area contributed by atoms with E-state index in [1.165, 1.54) is 13.2 Å². The molecule has 0 fully saturated rings. The molecule has 1 amide bonds. The van der Waals surface area contributed by atoms with Gasteiger partial charge in [-0.2, -0.15) is 13.2 Å². The fraction of sp³-hybridized carbons (Fsp3) is 0.364. The number of hydrogen-bond acceptors (Lipinski definition) is 3. The van der Waals surface area contributed by atoms with Crippen molar-refractivity contribution in [3.63, 3.8) is 0 Å². The van der Waals surface area contributed by atoms with E-state index in [4.69, 9.17) is 4.84 Å². The molecule has 1 rings (SSSR count). The van der Waals surface area contributed by atoms with E-state index in [0.717, 1.165) is 12.1 Å². The second-order valence-corrected chi connectivity index (χ2v) is 4.32. The molecule has 8 heteroatoms. The summed E-state index contributed by atoms with van der Waals surface area (Å²) >= 11 is 2.79. The van der Waals surface area contributed by atoms with Gasteiger partial charge in [-0.25, -0.2) is 5.48 Å². The number of halogens is 4. The minimum Gasteiger partial charge on any atom is -0.382 e. The lowest BCUT2D eigenvalue weighted by Gasteiger charge is -2.11. The molecule has 1 aromatic rings. The molecular formula is C11H11BrF3NO3. The minimum atomic E-state index is -4.54. The fourth-order valence-electron chi connectivity index (χ4n) is 1.18. The topological polar surface area (TPSA) is 47.6 Å². The Kier molecular flexibility index (Phi) is 5.77. The van der Waals surface area contributed by atoms with E-state index in [9.17, 15) is 18.0 Å². The van der Waals surface area contributed by atoms with Crippen molar-refractivity contribution >= 4 is 21.8 Å². The van der Waals surface area contributed by atoms with E-state index in [1.54, 1.807) is 0 Å². The predicted octanol–water partition coefficient (Wildman–Crippen LogP) is 2.78. The van der Waals surface area contributed by atoms with Crippen LogP contribution in [0.4, 0.5) is 13.2 Å². The summed E-state index contributed by atoms with van der Waals surface area (Å²) in [5.41, 5.74) is 0.965. The molecule has 4 nitrogen and oxygen atoms in total. The summed E-state index contributed by atoms with van der Waals surface area (Å²) in [6, 6.07) is 3.17. The lowest BCUT2D eigenvalue weighted by Crippen LogP contribution is -2.25. The lowest BCUT2D eigenvalue weighted by molar-refractivity contribution is -0.138. The maximum atomic E-state index is 12.6. The lowest BCUT2D eigenvalue weighted by atomic mass is 10.1. The van der Waals surface area contributed by atoms with Crippen molar-refractivity contribution < 1.29 is 27.5 Å². The second-order valence-electron chi connectivity index (χ2n) is 3.46. The molecule has 0 aromatic heterocycles. The molecule has 1 aromatic carbocycles. The largest absolute Gasteiger partial charge is 0.417 e. The maximum absolute atomic E-state index is 12.6. The summed E-state index contributed by atoms with van der Waals surface area (Å²) in [7, 11) is 1.45. The van der Waals surface area contributed by atoms with Crippen LogP contribution in [0.15, 0.2) is 22.7 Å². The molecule has 0 unspecified atom stereocenters. The van der Waals surface area contributed by atoms with Crippen molar-refractivity contribution in [2.75, 3.05) is 20.3 Å². The first-order chi connectivity index (χ1) is 8.86. The van der Waals surface area contributed by atoms with Gasteiger partial charge < -0.3 is 4.74 Å². The number of carbonyl (C=O) groups is 1. The smallest absolute Gasteiger partial charge is 0.382 e. The Bertz CT molecular complexity index is 451. The molecule has 0 aliphatic rings. The Morgan fingerprint density at radius 1 is 1.37 bits per heavy atom. The van der Waals surface area contributed by atoms with Gasteiger partial charge in [-0.05, 0) is 18.2 Å². The van der Waals surface area contributed by atoms with E-state index in [2.05, 4.69) is 20.7 Å². The zero-order valence-corrected chi connectivity index (χ0v) is 11.5. The average Bonchev–Trinajstić information content (AvgIpc) is 2.33. The van der Waals surface area contributed by atoms with Gasteiger partial charge in [0.15, 0.2) is 0 Å². The number of amides is 1. The van der Waals surface area contributed by atoms with E-state index in [-0.39, 0.29) is 23.2 Å². The molecule has 1 N–H and O–H groups in total. The summed E-state index contributed by atoms with van der Waals surface area (Å²) in [4.78, 5) is 16.3. The second kappa shape index (κ2) is 6.88. The summed E-state index contributed by atoms with van der Waals surface area (Å²) in [5, 5.41) is 0. The number of benzene rings is 1. The van der Waals surface area contributed by atoms with E-state index in [0.29, 0.717) is 0 Å². The first-order valence-corrected chi connectivity index (χ1v) is 5.93. The molecule has 0 aliphatic carbocycles. The highest BCUT2D eigenvalue weighted by Crippen LogP contribution is 2.35. The molecule has 0 radical (unpaired) electrons. The van der Waals surface area contributed by atoms with Crippen molar-refractivity contribution in [1.29, 1.82) is 0 Å². The van der Waals surface area contributed by atoms with Crippen LogP contribution >= 0.6 is 15.9 Å². The van der Waals surface area contributed by atoms with E-state index >= 15 is 0 Å². The first-order valence-electron chi connectivity index (χ1n) is 5.14. The minimum absolute atomic E-state index is 0.102. The van der Waals surface area contributed by atoms with Crippen LogP contribution in [0.1, 0.15) is 15.9 Å². The van der Waals surface area contributed by atoms with Crippen molar-refractivity contribution in [3.8, 4) is 0 Å². The summed E-state index contributed by atoms with van der Waals surface area (Å²) in [6.07, 6.45) is -4.54. The average molecular weight is 342 g/mol. The molecule has 0 atom stereocenters. The van der Waals surface area contributed by atoms with Crippen molar-refractivity contribution in [2.24, 2.45) is 0 Å². The molecule has 0 bridgehead atoms. The number of hydrogen-bond donors (Lipinski definition) is 1. The monoisotopic (exact) mass is 341 g/mol. The van der Waals surface area contributed by atoms with Gasteiger partial charge in [0.25, 0.3) is 5.91 Å². The van der Waals surface area contributed by atoms with Crippen LogP contribution in [0.3, 0.4) is 0 Å². The van der Waals surface area contributed by atoms with E-state index in [1.807, 2.05) is 5.48 Å². The van der Waals surface area contributed by atoms with Gasteiger partial charge in [-0.3, -0.25) is 9.63 Å². The quantitative estimate of drug-likeness (QED) is 0.661. The molecule has 0 saturated carbocycles. The standard InChI is InChI=1S/C11H11BrF3NO3/c1-18-4-5-19-16-10(17)7-2-3-9(12)8(6-7)11(13,14)15/h2-3,6H,4-5H2,1H3,(H,16,17). The Morgan fingerprint density at radius 3 is 2.63 bits per heavy atom. The Labute approximate surface area is 116 Å². The summed E-state index contributed by atoms with van der Waals surface area (Å²) in [6.45, 7) is 0.360. The van der Waals surface area contributed by atoms with Gasteiger partial charge in [-0.1, -0.05) is 15.9 Å².